The van der Waals surface area contributed by atoms with Crippen LogP contribution in [-0.2, 0) is 21.4 Å². The Bertz CT molecular complexity index is 612. The fraction of sp³-hybridized carbons (Fsp3) is 0.500. The molecule has 1 heterocycles. The van der Waals surface area contributed by atoms with Gasteiger partial charge >= 0.3 is 0 Å². The molecule has 0 saturated carbocycles. The molecule has 1 atom stereocenters. The summed E-state index contributed by atoms with van der Waals surface area (Å²) in [4.78, 5) is -0.0965. The number of nitrogens with one attached hydrogen (secondary N) is 1. The van der Waals surface area contributed by atoms with Gasteiger partial charge in [-0.15, -0.1) is 0 Å². The van der Waals surface area contributed by atoms with E-state index >= 15 is 0 Å². The number of aliphatic hydroxyl groups is 1. The van der Waals surface area contributed by atoms with Gasteiger partial charge in [0.05, 0.1) is 23.8 Å². The smallest absolute Gasteiger partial charge is 0.242 e. The molecule has 112 valence electrons. The second kappa shape index (κ2) is 5.79. The van der Waals surface area contributed by atoms with Crippen LogP contribution in [0.25, 0.3) is 0 Å². The molecule has 20 heavy (non-hydrogen) atoms. The van der Waals surface area contributed by atoms with Gasteiger partial charge < -0.3 is 9.84 Å². The van der Waals surface area contributed by atoms with Gasteiger partial charge in [-0.25, -0.2) is 13.1 Å². The van der Waals surface area contributed by atoms with E-state index in [1.165, 1.54) is 12.1 Å². The van der Waals surface area contributed by atoms with Gasteiger partial charge in [-0.05, 0) is 31.0 Å². The van der Waals surface area contributed by atoms with Crippen molar-refractivity contribution in [3.05, 3.63) is 27.7 Å². The second-order valence-electron chi connectivity index (χ2n) is 5.00. The number of benzene rings is 1. The lowest BCUT2D eigenvalue weighted by molar-refractivity contribution is 0.178. The van der Waals surface area contributed by atoms with Gasteiger partial charge in [0, 0.05) is 11.6 Å². The summed E-state index contributed by atoms with van der Waals surface area (Å²) in [5, 5.41) is 9.42. The standard InChI is InChI=1S/C12H15Cl2NO4S/c1-12(2-3-19-7-12)15-20(17,18)11-4-8(6-16)9(13)5-10(11)14/h4-5,15-16H,2-3,6-7H2,1H3. The Morgan fingerprint density at radius 2 is 2.10 bits per heavy atom. The number of hydrogen-bond donors (Lipinski definition) is 2. The summed E-state index contributed by atoms with van der Waals surface area (Å²) in [6.45, 7) is 2.23. The Kier molecular flexibility index (Phi) is 4.63. The number of ether oxygens (including phenoxy) is 1. The van der Waals surface area contributed by atoms with Gasteiger partial charge in [-0.1, -0.05) is 23.2 Å². The molecule has 1 unspecified atom stereocenters. The van der Waals surface area contributed by atoms with Crippen LogP contribution in [0, 0.1) is 0 Å². The molecule has 8 heteroatoms. The number of sulfonamides is 1. The molecule has 2 rings (SSSR count). The first-order valence-corrected chi connectivity index (χ1v) is 8.22. The highest BCUT2D eigenvalue weighted by Gasteiger charge is 2.35. The molecule has 1 aliphatic heterocycles. The molecule has 5 nitrogen and oxygen atoms in total. The van der Waals surface area contributed by atoms with Crippen LogP contribution in [0.15, 0.2) is 17.0 Å². The number of hydrogen-bond acceptors (Lipinski definition) is 4. The topological polar surface area (TPSA) is 75.6 Å². The molecule has 0 spiro atoms. The summed E-state index contributed by atoms with van der Waals surface area (Å²) in [6, 6.07) is 2.60. The third-order valence-corrected chi connectivity index (χ3v) is 5.62. The average Bonchev–Trinajstić information content (AvgIpc) is 2.74. The SMILES string of the molecule is CC1(NS(=O)(=O)c2cc(CO)c(Cl)cc2Cl)CCOC1. The van der Waals surface area contributed by atoms with Gasteiger partial charge in [0.1, 0.15) is 4.90 Å². The first kappa shape index (κ1) is 16.0. The van der Waals surface area contributed by atoms with Crippen molar-refractivity contribution >= 4 is 33.2 Å². The zero-order valence-electron chi connectivity index (χ0n) is 10.8. The summed E-state index contributed by atoms with van der Waals surface area (Å²) in [5.41, 5.74) is -0.342. The second-order valence-corrected chi connectivity index (χ2v) is 7.47. The van der Waals surface area contributed by atoms with Crippen LogP contribution < -0.4 is 4.72 Å². The van der Waals surface area contributed by atoms with Crippen molar-refractivity contribution in [1.82, 2.24) is 4.72 Å². The quantitative estimate of drug-likeness (QED) is 0.878. The highest BCUT2D eigenvalue weighted by Crippen LogP contribution is 2.30. The molecule has 0 aromatic heterocycles. The Hall–Kier alpha value is -0.370. The van der Waals surface area contributed by atoms with E-state index in [2.05, 4.69) is 4.72 Å². The Morgan fingerprint density at radius 1 is 1.40 bits per heavy atom. The van der Waals surface area contributed by atoms with E-state index in [4.69, 9.17) is 27.9 Å². The summed E-state index contributed by atoms with van der Waals surface area (Å²) in [5.74, 6) is 0. The van der Waals surface area contributed by atoms with Crippen LogP contribution in [-0.4, -0.2) is 32.3 Å². The zero-order chi connectivity index (χ0) is 15.0. The van der Waals surface area contributed by atoms with Gasteiger partial charge in [0.25, 0.3) is 0 Å². The lowest BCUT2D eigenvalue weighted by Gasteiger charge is -2.23. The number of halogens is 2. The Balaban J connectivity index is 2.39. The van der Waals surface area contributed by atoms with E-state index < -0.39 is 15.6 Å². The van der Waals surface area contributed by atoms with Gasteiger partial charge in [0.15, 0.2) is 0 Å². The van der Waals surface area contributed by atoms with Crippen molar-refractivity contribution in [3.8, 4) is 0 Å². The maximum absolute atomic E-state index is 12.4. The van der Waals surface area contributed by atoms with Crippen molar-refractivity contribution in [1.29, 1.82) is 0 Å². The molecule has 1 fully saturated rings. The molecule has 0 radical (unpaired) electrons. The summed E-state index contributed by atoms with van der Waals surface area (Å²) >= 11 is 11.8. The van der Waals surface area contributed by atoms with E-state index in [0.717, 1.165) is 0 Å². The van der Waals surface area contributed by atoms with Crippen LogP contribution in [0.1, 0.15) is 18.9 Å². The fourth-order valence-corrected chi connectivity index (χ4v) is 4.31. The third kappa shape index (κ3) is 3.27. The summed E-state index contributed by atoms with van der Waals surface area (Å²) < 4.78 is 32.6. The summed E-state index contributed by atoms with van der Waals surface area (Å²) in [7, 11) is -3.81. The van der Waals surface area contributed by atoms with Crippen molar-refractivity contribution in [2.24, 2.45) is 0 Å². The molecule has 0 amide bonds. The van der Waals surface area contributed by atoms with E-state index in [0.29, 0.717) is 25.2 Å². The van der Waals surface area contributed by atoms with Crippen LogP contribution in [0.3, 0.4) is 0 Å². The lowest BCUT2D eigenvalue weighted by Crippen LogP contribution is -2.46. The average molecular weight is 340 g/mol. The monoisotopic (exact) mass is 339 g/mol. The van der Waals surface area contributed by atoms with E-state index in [1.807, 2.05) is 0 Å². The van der Waals surface area contributed by atoms with Gasteiger partial charge in [0.2, 0.25) is 10.0 Å². The van der Waals surface area contributed by atoms with E-state index in [-0.39, 0.29) is 21.5 Å². The predicted molar refractivity (Wildman–Crippen MR) is 76.5 cm³/mol. The van der Waals surface area contributed by atoms with Crippen LogP contribution in [0.2, 0.25) is 10.0 Å². The van der Waals surface area contributed by atoms with Crippen LogP contribution in [0.5, 0.6) is 0 Å². The Morgan fingerprint density at radius 3 is 2.65 bits per heavy atom. The highest BCUT2D eigenvalue weighted by molar-refractivity contribution is 7.89. The first-order chi connectivity index (χ1) is 9.27. The highest BCUT2D eigenvalue weighted by atomic mass is 35.5. The fourth-order valence-electron chi connectivity index (χ4n) is 2.03. The number of rotatable bonds is 4. The summed E-state index contributed by atoms with van der Waals surface area (Å²) in [6.07, 6.45) is 0.588. The molecule has 0 aliphatic carbocycles. The number of aliphatic hydroxyl groups excluding tert-OH is 1. The lowest BCUT2D eigenvalue weighted by atomic mass is 10.0. The maximum atomic E-state index is 12.4. The van der Waals surface area contributed by atoms with Crippen molar-refractivity contribution in [3.63, 3.8) is 0 Å². The van der Waals surface area contributed by atoms with E-state index in [9.17, 15) is 13.5 Å². The van der Waals surface area contributed by atoms with Crippen LogP contribution in [0.4, 0.5) is 0 Å². The minimum Gasteiger partial charge on any atom is -0.392 e. The molecule has 1 aromatic rings. The van der Waals surface area contributed by atoms with E-state index in [1.54, 1.807) is 6.92 Å². The molecule has 0 bridgehead atoms. The molecule has 1 aliphatic rings. The normalized spacial score (nSPS) is 23.2. The largest absolute Gasteiger partial charge is 0.392 e. The molecule has 2 N–H and O–H groups in total. The van der Waals surface area contributed by atoms with Crippen molar-refractivity contribution in [2.75, 3.05) is 13.2 Å². The maximum Gasteiger partial charge on any atom is 0.242 e. The predicted octanol–water partition coefficient (Wildman–Crippen LogP) is 1.94. The first-order valence-electron chi connectivity index (χ1n) is 5.98. The molecule has 1 aromatic carbocycles. The third-order valence-electron chi connectivity index (χ3n) is 3.16. The molecular formula is C12H15Cl2NO4S. The van der Waals surface area contributed by atoms with Crippen molar-refractivity contribution < 1.29 is 18.3 Å². The zero-order valence-corrected chi connectivity index (χ0v) is 13.1. The Labute approximate surface area is 127 Å². The molecular weight excluding hydrogens is 325 g/mol. The minimum atomic E-state index is -3.81. The van der Waals surface area contributed by atoms with Crippen LogP contribution >= 0.6 is 23.2 Å². The minimum absolute atomic E-state index is 0.0159. The van der Waals surface area contributed by atoms with Gasteiger partial charge in [-0.2, -0.15) is 0 Å². The van der Waals surface area contributed by atoms with Gasteiger partial charge in [-0.3, -0.25) is 0 Å². The molecule has 1 saturated heterocycles. The van der Waals surface area contributed by atoms with Crippen molar-refractivity contribution in [2.45, 2.75) is 30.4 Å².